The van der Waals surface area contributed by atoms with Crippen molar-refractivity contribution in [3.63, 3.8) is 0 Å². The van der Waals surface area contributed by atoms with E-state index in [4.69, 9.17) is 0 Å². The fraction of sp³-hybridized carbons (Fsp3) is 0.192. The lowest BCUT2D eigenvalue weighted by Crippen LogP contribution is -2.30. The van der Waals surface area contributed by atoms with Crippen molar-refractivity contribution in [2.24, 2.45) is 0 Å². The molecular formula is C26H24N4O4S. The number of thioether (sulfide) groups is 1. The number of benzene rings is 3. The zero-order chi connectivity index (χ0) is 24.6. The summed E-state index contributed by atoms with van der Waals surface area (Å²) < 4.78 is 1.52. The third-order valence-corrected chi connectivity index (χ3v) is 6.50. The molecule has 4 aromatic rings. The summed E-state index contributed by atoms with van der Waals surface area (Å²) in [5.74, 6) is 0.256. The van der Waals surface area contributed by atoms with Gasteiger partial charge in [-0.05, 0) is 29.7 Å². The molecule has 0 atom stereocenters. The van der Waals surface area contributed by atoms with Gasteiger partial charge in [-0.3, -0.25) is 24.3 Å². The van der Waals surface area contributed by atoms with Crippen LogP contribution < -0.4 is 10.9 Å². The number of carbonyl (C=O) groups is 1. The van der Waals surface area contributed by atoms with E-state index in [0.717, 1.165) is 17.5 Å². The Labute approximate surface area is 206 Å². The Bertz CT molecular complexity index is 1410. The smallest absolute Gasteiger partial charge is 0.269 e. The fourth-order valence-corrected chi connectivity index (χ4v) is 4.62. The topological polar surface area (TPSA) is 107 Å². The molecule has 9 heteroatoms. The van der Waals surface area contributed by atoms with Crippen LogP contribution in [0, 0.1) is 10.1 Å². The molecule has 0 aliphatic rings. The number of aromatic nitrogens is 2. The summed E-state index contributed by atoms with van der Waals surface area (Å²) in [6.07, 6.45) is 0.869. The van der Waals surface area contributed by atoms with E-state index in [9.17, 15) is 19.7 Å². The highest BCUT2D eigenvalue weighted by molar-refractivity contribution is 7.98. The zero-order valence-corrected chi connectivity index (χ0v) is 19.7. The van der Waals surface area contributed by atoms with E-state index in [1.54, 1.807) is 30.3 Å². The van der Waals surface area contributed by atoms with Gasteiger partial charge in [0, 0.05) is 37.4 Å². The molecule has 178 valence electrons. The average molecular weight is 489 g/mol. The van der Waals surface area contributed by atoms with Crippen LogP contribution in [0.5, 0.6) is 0 Å². The predicted octanol–water partition coefficient (Wildman–Crippen LogP) is 4.35. The minimum atomic E-state index is -0.436. The van der Waals surface area contributed by atoms with E-state index in [1.807, 2.05) is 36.4 Å². The number of nitrogens with one attached hydrogen (secondary N) is 1. The first-order chi connectivity index (χ1) is 17.0. The van der Waals surface area contributed by atoms with Crippen molar-refractivity contribution in [1.29, 1.82) is 0 Å². The number of amides is 1. The second kappa shape index (κ2) is 11.4. The molecule has 4 rings (SSSR count). The van der Waals surface area contributed by atoms with Crippen molar-refractivity contribution >= 4 is 34.3 Å². The van der Waals surface area contributed by atoms with E-state index in [0.29, 0.717) is 28.4 Å². The van der Waals surface area contributed by atoms with Crippen LogP contribution in [-0.2, 0) is 23.5 Å². The van der Waals surface area contributed by atoms with Gasteiger partial charge in [0.25, 0.3) is 11.2 Å². The number of non-ortho nitro benzene ring substituents is 1. The summed E-state index contributed by atoms with van der Waals surface area (Å²) >= 11 is 1.31. The summed E-state index contributed by atoms with van der Waals surface area (Å²) in [5, 5.41) is 14.9. The normalized spacial score (nSPS) is 10.9. The Balaban J connectivity index is 1.47. The van der Waals surface area contributed by atoms with Crippen molar-refractivity contribution in [2.45, 2.75) is 30.3 Å². The minimum Gasteiger partial charge on any atom is -0.356 e. The van der Waals surface area contributed by atoms with Crippen molar-refractivity contribution < 1.29 is 9.72 Å². The Morgan fingerprint density at radius 2 is 1.74 bits per heavy atom. The number of nitro benzene ring substituents is 1. The lowest BCUT2D eigenvalue weighted by molar-refractivity contribution is -0.384. The quantitative estimate of drug-likeness (QED) is 0.154. The molecule has 0 bridgehead atoms. The van der Waals surface area contributed by atoms with Crippen LogP contribution in [0.25, 0.3) is 10.9 Å². The molecule has 0 spiro atoms. The molecule has 1 amide bonds. The molecular weight excluding hydrogens is 464 g/mol. The molecule has 0 radical (unpaired) electrons. The molecule has 1 N–H and O–H groups in total. The molecule has 1 heterocycles. The summed E-state index contributed by atoms with van der Waals surface area (Å²) in [5.41, 5.74) is 2.26. The van der Waals surface area contributed by atoms with Crippen LogP contribution >= 0.6 is 11.8 Å². The summed E-state index contributed by atoms with van der Waals surface area (Å²) in [7, 11) is 0. The van der Waals surface area contributed by atoms with Gasteiger partial charge in [0.15, 0.2) is 5.16 Å². The first-order valence-corrected chi connectivity index (χ1v) is 12.2. The van der Waals surface area contributed by atoms with Crippen molar-refractivity contribution in [3.8, 4) is 0 Å². The number of hydrogen-bond acceptors (Lipinski definition) is 6. The highest BCUT2D eigenvalue weighted by Crippen LogP contribution is 2.24. The van der Waals surface area contributed by atoms with Gasteiger partial charge >= 0.3 is 0 Å². The first-order valence-electron chi connectivity index (χ1n) is 11.2. The van der Waals surface area contributed by atoms with Crippen LogP contribution in [0.1, 0.15) is 17.5 Å². The van der Waals surface area contributed by atoms with Gasteiger partial charge in [0.05, 0.1) is 15.8 Å². The predicted molar refractivity (Wildman–Crippen MR) is 136 cm³/mol. The van der Waals surface area contributed by atoms with E-state index in [2.05, 4.69) is 10.3 Å². The van der Waals surface area contributed by atoms with Gasteiger partial charge < -0.3 is 5.32 Å². The lowest BCUT2D eigenvalue weighted by atomic mass is 10.1. The molecule has 0 unspecified atom stereocenters. The maximum Gasteiger partial charge on any atom is 0.269 e. The van der Waals surface area contributed by atoms with Gasteiger partial charge in [-0.1, -0.05) is 66.4 Å². The molecule has 1 aromatic heterocycles. The Morgan fingerprint density at radius 1 is 1.00 bits per heavy atom. The van der Waals surface area contributed by atoms with Crippen molar-refractivity contribution in [2.75, 3.05) is 6.54 Å². The Kier molecular flexibility index (Phi) is 7.89. The van der Waals surface area contributed by atoms with Gasteiger partial charge in [0.2, 0.25) is 5.91 Å². The second-order valence-electron chi connectivity index (χ2n) is 7.92. The van der Waals surface area contributed by atoms with E-state index in [-0.39, 0.29) is 30.1 Å². The largest absolute Gasteiger partial charge is 0.356 e. The maximum absolute atomic E-state index is 13.2. The fourth-order valence-electron chi connectivity index (χ4n) is 3.66. The molecule has 8 nitrogen and oxygen atoms in total. The molecule has 0 aliphatic carbocycles. The number of fused-ring (bicyclic) bond motifs is 1. The van der Waals surface area contributed by atoms with E-state index >= 15 is 0 Å². The number of rotatable bonds is 10. The van der Waals surface area contributed by atoms with Crippen LogP contribution in [0.2, 0.25) is 0 Å². The third-order valence-electron chi connectivity index (χ3n) is 5.46. The van der Waals surface area contributed by atoms with E-state index in [1.165, 1.54) is 28.5 Å². The number of hydrogen-bond donors (Lipinski definition) is 1. The van der Waals surface area contributed by atoms with Crippen LogP contribution in [0.3, 0.4) is 0 Å². The maximum atomic E-state index is 13.2. The van der Waals surface area contributed by atoms with E-state index < -0.39 is 4.92 Å². The highest BCUT2D eigenvalue weighted by atomic mass is 32.2. The molecule has 35 heavy (non-hydrogen) atoms. The molecule has 0 saturated heterocycles. The van der Waals surface area contributed by atoms with Crippen LogP contribution in [0.15, 0.2) is 88.8 Å². The average Bonchev–Trinajstić information content (AvgIpc) is 2.88. The minimum absolute atomic E-state index is 0.0131. The van der Waals surface area contributed by atoms with Crippen LogP contribution in [0.4, 0.5) is 5.69 Å². The second-order valence-corrected chi connectivity index (χ2v) is 8.86. The Morgan fingerprint density at radius 3 is 2.54 bits per heavy atom. The molecule has 3 aromatic carbocycles. The summed E-state index contributed by atoms with van der Waals surface area (Å²) in [6.45, 7) is 0.702. The first kappa shape index (κ1) is 24.2. The van der Waals surface area contributed by atoms with Crippen molar-refractivity contribution in [1.82, 2.24) is 14.9 Å². The Hall–Kier alpha value is -3.98. The number of para-hydroxylation sites is 1. The number of nitrogens with zero attached hydrogens (tertiary/aromatic N) is 3. The van der Waals surface area contributed by atoms with Gasteiger partial charge in [-0.15, -0.1) is 0 Å². The summed E-state index contributed by atoms with van der Waals surface area (Å²) in [6, 6.07) is 23.4. The molecule has 0 fully saturated rings. The molecule has 0 aliphatic heterocycles. The zero-order valence-electron chi connectivity index (χ0n) is 18.9. The number of nitro groups is 1. The van der Waals surface area contributed by atoms with Crippen LogP contribution in [-0.4, -0.2) is 26.9 Å². The van der Waals surface area contributed by atoms with Crippen molar-refractivity contribution in [3.05, 3.63) is 110 Å². The summed E-state index contributed by atoms with van der Waals surface area (Å²) in [4.78, 5) is 41.0. The lowest BCUT2D eigenvalue weighted by Gasteiger charge is -2.13. The monoisotopic (exact) mass is 488 g/mol. The highest BCUT2D eigenvalue weighted by Gasteiger charge is 2.14. The van der Waals surface area contributed by atoms with Gasteiger partial charge in [-0.2, -0.15) is 0 Å². The van der Waals surface area contributed by atoms with Gasteiger partial charge in [0.1, 0.15) is 0 Å². The third kappa shape index (κ3) is 6.33. The SMILES string of the molecule is O=C(CCn1c(SCc2cccc([N+](=O)[O-])c2)nc2ccccc2c1=O)NCCc1ccccc1. The standard InChI is InChI=1S/C26H24N4O4S/c31-24(27-15-13-19-7-2-1-3-8-19)14-16-29-25(32)22-11-4-5-12-23(22)28-26(29)35-18-20-9-6-10-21(17-20)30(33)34/h1-12,17H,13-16,18H2,(H,27,31). The van der Waals surface area contributed by atoms with Gasteiger partial charge in [-0.25, -0.2) is 4.98 Å². The number of carbonyl (C=O) groups excluding carboxylic acids is 1. The molecule has 0 saturated carbocycles.